The van der Waals surface area contributed by atoms with Crippen LogP contribution < -0.4 is 10.7 Å². The Balaban J connectivity index is 2.28. The van der Waals surface area contributed by atoms with Crippen LogP contribution in [-0.4, -0.2) is 25.0 Å². The van der Waals surface area contributed by atoms with Gasteiger partial charge in [-0.2, -0.15) is 0 Å². The molecule has 3 rings (SSSR count). The molecule has 0 heterocycles. The van der Waals surface area contributed by atoms with E-state index in [0.717, 1.165) is 0 Å². The van der Waals surface area contributed by atoms with Crippen LogP contribution in [0.3, 0.4) is 0 Å². The molecule has 0 fully saturated rings. The van der Waals surface area contributed by atoms with E-state index in [1.54, 1.807) is 0 Å². The van der Waals surface area contributed by atoms with Crippen LogP contribution in [0.15, 0.2) is 101 Å². The van der Waals surface area contributed by atoms with Crippen LogP contribution in [0, 0.1) is 0 Å². The topological polar surface area (TPSA) is 9.23 Å². The van der Waals surface area contributed by atoms with Crippen LogP contribution in [0.25, 0.3) is 0 Å². The van der Waals surface area contributed by atoms with Crippen LogP contribution in [-0.2, 0) is 4.74 Å². The van der Waals surface area contributed by atoms with E-state index in [-0.39, 0.29) is 0 Å². The van der Waals surface area contributed by atoms with Crippen molar-refractivity contribution >= 4 is 29.1 Å². The van der Waals surface area contributed by atoms with E-state index in [1.165, 1.54) is 10.7 Å². The second-order valence-corrected chi connectivity index (χ2v) is 16.2. The Labute approximate surface area is 148 Å². The summed E-state index contributed by atoms with van der Waals surface area (Å²) in [5.41, 5.74) is 0. The molecule has 24 heavy (non-hydrogen) atoms. The summed E-state index contributed by atoms with van der Waals surface area (Å²) in [6.07, 6.45) is 1.92. The van der Waals surface area contributed by atoms with E-state index in [9.17, 15) is 0 Å². The minimum atomic E-state index is -3.23. The van der Waals surface area contributed by atoms with Crippen LogP contribution >= 0.6 is 0 Å². The van der Waals surface area contributed by atoms with Gasteiger partial charge in [-0.3, -0.25) is 0 Å². The molecule has 0 aromatic heterocycles. The molecule has 3 aromatic carbocycles. The van der Waals surface area contributed by atoms with Crippen molar-refractivity contribution in [3.8, 4) is 0 Å². The molecule has 0 N–H and O–H groups in total. The monoisotopic (exact) mass is 422 g/mol. The molecule has 0 spiro atoms. The van der Waals surface area contributed by atoms with Crippen molar-refractivity contribution in [1.29, 1.82) is 0 Å². The van der Waals surface area contributed by atoms with Gasteiger partial charge in [0.1, 0.15) is 0 Å². The second kappa shape index (κ2) is 8.20. The number of hydrogen-bond donors (Lipinski definition) is 0. The van der Waals surface area contributed by atoms with Gasteiger partial charge in [-0.1, -0.05) is 0 Å². The van der Waals surface area contributed by atoms with E-state index in [4.69, 9.17) is 4.74 Å². The van der Waals surface area contributed by atoms with Crippen molar-refractivity contribution in [2.45, 2.75) is 6.92 Å². The standard InChI is InChI=1S/3C6H5.C4H7O.Sn/c3*1-2-4-6-5-3-1;1-3-5-4-2;/h3*1-5H;1,3H,4H2,2H3;. The second-order valence-electron chi connectivity index (χ2n) is 5.66. The summed E-state index contributed by atoms with van der Waals surface area (Å²) in [4.78, 5) is 0. The zero-order valence-corrected chi connectivity index (χ0v) is 16.8. The third-order valence-corrected chi connectivity index (χ3v) is 16.7. The van der Waals surface area contributed by atoms with Gasteiger partial charge >= 0.3 is 149 Å². The molecule has 3 aromatic rings. The van der Waals surface area contributed by atoms with Gasteiger partial charge < -0.3 is 0 Å². The predicted octanol–water partition coefficient (Wildman–Crippen LogP) is 3.25. The van der Waals surface area contributed by atoms with Gasteiger partial charge in [-0.15, -0.1) is 0 Å². The fourth-order valence-electron chi connectivity index (χ4n) is 3.14. The summed E-state index contributed by atoms with van der Waals surface area (Å²) in [5, 5.41) is 0. The maximum atomic E-state index is 5.63. The van der Waals surface area contributed by atoms with Crippen molar-refractivity contribution in [1.82, 2.24) is 0 Å². The number of hydrogen-bond acceptors (Lipinski definition) is 1. The Morgan fingerprint density at radius 2 is 1.04 bits per heavy atom. The van der Waals surface area contributed by atoms with E-state index in [0.29, 0.717) is 6.61 Å². The van der Waals surface area contributed by atoms with E-state index in [1.807, 2.05) is 13.2 Å². The third kappa shape index (κ3) is 3.41. The molecule has 0 aliphatic carbocycles. The van der Waals surface area contributed by atoms with E-state index in [2.05, 4.69) is 95.1 Å². The zero-order valence-electron chi connectivity index (χ0n) is 13.9. The molecule has 0 saturated heterocycles. The molecule has 0 aliphatic rings. The third-order valence-electron chi connectivity index (χ3n) is 4.27. The average molecular weight is 421 g/mol. The van der Waals surface area contributed by atoms with Gasteiger partial charge in [0.2, 0.25) is 0 Å². The van der Waals surface area contributed by atoms with Crippen molar-refractivity contribution in [2.75, 3.05) is 6.61 Å². The van der Waals surface area contributed by atoms with Crippen LogP contribution in [0.2, 0.25) is 0 Å². The van der Waals surface area contributed by atoms with E-state index >= 15 is 0 Å². The zero-order chi connectivity index (χ0) is 16.7. The van der Waals surface area contributed by atoms with Crippen molar-refractivity contribution < 1.29 is 4.74 Å². The van der Waals surface area contributed by atoms with Crippen molar-refractivity contribution in [2.24, 2.45) is 0 Å². The first kappa shape index (κ1) is 16.8. The summed E-state index contributed by atoms with van der Waals surface area (Å²) < 4.78 is 12.3. The van der Waals surface area contributed by atoms with Crippen molar-refractivity contribution in [3.05, 3.63) is 101 Å². The first-order chi connectivity index (χ1) is 11.9. The minimum absolute atomic E-state index is 0.691. The Bertz CT molecular complexity index is 670. The number of benzene rings is 3. The summed E-state index contributed by atoms with van der Waals surface area (Å²) >= 11 is -3.23. The Morgan fingerprint density at radius 3 is 1.38 bits per heavy atom. The molecular formula is C22H22OSn. The Kier molecular flexibility index (Phi) is 5.76. The summed E-state index contributed by atoms with van der Waals surface area (Å²) in [5.74, 6) is 0. The molecule has 120 valence electrons. The molecule has 1 nitrogen and oxygen atoms in total. The average Bonchev–Trinajstić information content (AvgIpc) is 2.68. The number of rotatable bonds is 6. The number of ether oxygens (including phenoxy) is 1. The quantitative estimate of drug-likeness (QED) is 0.439. The van der Waals surface area contributed by atoms with Crippen LogP contribution in [0.5, 0.6) is 0 Å². The normalized spacial score (nSPS) is 11.5. The van der Waals surface area contributed by atoms with Crippen molar-refractivity contribution in [3.63, 3.8) is 0 Å². The predicted molar refractivity (Wildman–Crippen MR) is 105 cm³/mol. The molecule has 0 atom stereocenters. The SMILES string of the molecule is CCO/C=[CH]/[Sn]([c]1ccccc1)([c]1ccccc1)[c]1ccccc1. The molecule has 0 unspecified atom stereocenters. The van der Waals surface area contributed by atoms with Gasteiger partial charge in [-0.05, 0) is 0 Å². The van der Waals surface area contributed by atoms with Crippen LogP contribution in [0.1, 0.15) is 6.92 Å². The summed E-state index contributed by atoms with van der Waals surface area (Å²) in [6, 6.07) is 32.7. The van der Waals surface area contributed by atoms with Gasteiger partial charge in [0, 0.05) is 0 Å². The van der Waals surface area contributed by atoms with Gasteiger partial charge in [0.15, 0.2) is 0 Å². The summed E-state index contributed by atoms with van der Waals surface area (Å²) in [6.45, 7) is 2.71. The Morgan fingerprint density at radius 1 is 0.667 bits per heavy atom. The van der Waals surface area contributed by atoms with Gasteiger partial charge in [0.05, 0.1) is 0 Å². The van der Waals surface area contributed by atoms with Crippen LogP contribution in [0.4, 0.5) is 0 Å². The molecule has 2 heteroatoms. The fraction of sp³-hybridized carbons (Fsp3) is 0.0909. The molecular weight excluding hydrogens is 399 g/mol. The first-order valence-electron chi connectivity index (χ1n) is 8.34. The van der Waals surface area contributed by atoms with Gasteiger partial charge in [0.25, 0.3) is 0 Å². The molecule has 0 saturated carbocycles. The van der Waals surface area contributed by atoms with Gasteiger partial charge in [-0.25, -0.2) is 0 Å². The maximum absolute atomic E-state index is 5.63. The molecule has 0 amide bonds. The molecule has 0 bridgehead atoms. The molecule has 0 radical (unpaired) electrons. The van der Waals surface area contributed by atoms with E-state index < -0.39 is 18.4 Å². The first-order valence-corrected chi connectivity index (χ1v) is 14.3. The summed E-state index contributed by atoms with van der Waals surface area (Å²) in [7, 11) is 0. The molecule has 0 aliphatic heterocycles. The Hall–Kier alpha value is -2.00. The fourth-order valence-corrected chi connectivity index (χ4v) is 14.6.